The van der Waals surface area contributed by atoms with Gasteiger partial charge in [0.25, 0.3) is 0 Å². The molecule has 0 aliphatic heterocycles. The van der Waals surface area contributed by atoms with Crippen molar-refractivity contribution in [3.8, 4) is 5.75 Å². The number of unbranched alkanes of at least 4 members (excludes halogenated alkanes) is 1. The van der Waals surface area contributed by atoms with Gasteiger partial charge in [0.2, 0.25) is 17.7 Å². The first-order valence-corrected chi connectivity index (χ1v) is 15.6. The molecule has 3 amide bonds. The minimum absolute atomic E-state index is 0.0359. The van der Waals surface area contributed by atoms with Gasteiger partial charge in [-0.1, -0.05) is 60.7 Å². The van der Waals surface area contributed by atoms with E-state index in [0.717, 1.165) is 22.0 Å². The number of benzene rings is 3. The minimum Gasteiger partial charge on any atom is -0.508 e. The van der Waals surface area contributed by atoms with E-state index < -0.39 is 47.9 Å². The third-order valence-electron chi connectivity index (χ3n) is 7.94. The van der Waals surface area contributed by atoms with Crippen molar-refractivity contribution in [1.29, 1.82) is 0 Å². The molecule has 1 aromatic heterocycles. The zero-order valence-electron chi connectivity index (χ0n) is 26.0. The van der Waals surface area contributed by atoms with Crippen molar-refractivity contribution in [3.63, 3.8) is 0 Å². The van der Waals surface area contributed by atoms with Crippen molar-refractivity contribution in [2.45, 2.75) is 62.7 Å². The number of amides is 3. The van der Waals surface area contributed by atoms with E-state index in [1.807, 2.05) is 54.6 Å². The average molecular weight is 643 g/mol. The number of fused-ring (bicyclic) bond motifs is 1. The Bertz CT molecular complexity index is 1640. The minimum atomic E-state index is -1.20. The van der Waals surface area contributed by atoms with E-state index >= 15 is 0 Å². The van der Waals surface area contributed by atoms with Crippen molar-refractivity contribution in [2.75, 3.05) is 6.54 Å². The number of H-pyrrole nitrogens is 1. The SMILES string of the molecule is NCCCCC(NC(=O)C(Cc1c[nH]c2ccccc12)NC(=O)C(Cc1ccc(O)cc1)NC(=O)C(N)Cc1ccccc1)C(=O)O. The second-order valence-corrected chi connectivity index (χ2v) is 11.5. The third kappa shape index (κ3) is 10.1. The highest BCUT2D eigenvalue weighted by Crippen LogP contribution is 2.20. The Morgan fingerprint density at radius 1 is 0.702 bits per heavy atom. The van der Waals surface area contributed by atoms with Crippen LogP contribution in [0.25, 0.3) is 10.9 Å². The molecule has 4 unspecified atom stereocenters. The molecule has 0 spiro atoms. The van der Waals surface area contributed by atoms with E-state index in [-0.39, 0.29) is 31.4 Å². The van der Waals surface area contributed by atoms with Crippen molar-refractivity contribution in [3.05, 3.63) is 102 Å². The monoisotopic (exact) mass is 642 g/mol. The Hall–Kier alpha value is -5.20. The third-order valence-corrected chi connectivity index (χ3v) is 7.94. The average Bonchev–Trinajstić information content (AvgIpc) is 3.47. The number of carbonyl (C=O) groups is 4. The van der Waals surface area contributed by atoms with Crippen LogP contribution in [-0.4, -0.2) is 69.6 Å². The molecule has 0 fully saturated rings. The topological polar surface area (TPSA) is 213 Å². The molecule has 0 aliphatic rings. The van der Waals surface area contributed by atoms with Crippen LogP contribution in [-0.2, 0) is 38.4 Å². The lowest BCUT2D eigenvalue weighted by atomic mass is 10.0. The summed E-state index contributed by atoms with van der Waals surface area (Å²) in [5, 5.41) is 28.5. The molecule has 0 bridgehead atoms. The molecule has 47 heavy (non-hydrogen) atoms. The quantitative estimate of drug-likeness (QED) is 0.0795. The molecule has 0 saturated carbocycles. The van der Waals surface area contributed by atoms with Crippen molar-refractivity contribution < 1.29 is 29.4 Å². The first kappa shape index (κ1) is 34.7. The molecule has 3 aromatic carbocycles. The van der Waals surface area contributed by atoms with Crippen LogP contribution in [0.1, 0.15) is 36.0 Å². The van der Waals surface area contributed by atoms with E-state index in [0.29, 0.717) is 24.9 Å². The smallest absolute Gasteiger partial charge is 0.326 e. The van der Waals surface area contributed by atoms with Crippen molar-refractivity contribution in [2.24, 2.45) is 11.5 Å². The second-order valence-electron chi connectivity index (χ2n) is 11.5. The number of hydrogen-bond donors (Lipinski definition) is 8. The lowest BCUT2D eigenvalue weighted by Crippen LogP contribution is -2.58. The Morgan fingerprint density at radius 2 is 1.30 bits per heavy atom. The number of aliphatic carboxylic acids is 1. The van der Waals surface area contributed by atoms with Crippen LogP contribution in [0.3, 0.4) is 0 Å². The molecule has 1 heterocycles. The number of aromatic nitrogens is 1. The zero-order valence-corrected chi connectivity index (χ0v) is 26.0. The Labute approximate surface area is 272 Å². The van der Waals surface area contributed by atoms with Crippen LogP contribution >= 0.6 is 0 Å². The molecule has 0 saturated heterocycles. The number of aromatic amines is 1. The fourth-order valence-corrected chi connectivity index (χ4v) is 5.34. The Kier molecular flexibility index (Phi) is 12.5. The number of carboxylic acids is 1. The molecular formula is C35H42N6O6. The van der Waals surface area contributed by atoms with Crippen LogP contribution in [0.2, 0.25) is 0 Å². The van der Waals surface area contributed by atoms with Crippen LogP contribution in [0, 0.1) is 0 Å². The standard InChI is InChI=1S/C35H42N6O6/c36-17-7-6-12-29(35(46)47)39-34(45)31(20-24-21-38-28-11-5-4-10-26(24)28)41-33(44)30(19-23-13-15-25(42)16-14-23)40-32(43)27(37)18-22-8-2-1-3-9-22/h1-5,8-11,13-16,21,27,29-31,38,42H,6-7,12,17-20,36-37H2,(H,39,45)(H,40,43)(H,41,44)(H,46,47). The van der Waals surface area contributed by atoms with Crippen LogP contribution in [0.5, 0.6) is 5.75 Å². The lowest BCUT2D eigenvalue weighted by Gasteiger charge is -2.25. The maximum Gasteiger partial charge on any atom is 0.326 e. The van der Waals surface area contributed by atoms with Crippen LogP contribution < -0.4 is 27.4 Å². The van der Waals surface area contributed by atoms with Gasteiger partial charge in [-0.15, -0.1) is 0 Å². The Morgan fingerprint density at radius 3 is 1.98 bits per heavy atom. The largest absolute Gasteiger partial charge is 0.508 e. The second kappa shape index (κ2) is 16.9. The summed E-state index contributed by atoms with van der Waals surface area (Å²) in [6.07, 6.45) is 3.33. The first-order chi connectivity index (χ1) is 22.6. The Balaban J connectivity index is 1.58. The lowest BCUT2D eigenvalue weighted by molar-refractivity contribution is -0.142. The van der Waals surface area contributed by atoms with E-state index in [1.165, 1.54) is 12.1 Å². The molecule has 248 valence electrons. The fraction of sp³-hybridized carbons (Fsp3) is 0.314. The predicted molar refractivity (Wildman–Crippen MR) is 178 cm³/mol. The van der Waals surface area contributed by atoms with Crippen LogP contribution in [0.15, 0.2) is 85.1 Å². The zero-order chi connectivity index (χ0) is 33.8. The van der Waals surface area contributed by atoms with Gasteiger partial charge in [0.05, 0.1) is 6.04 Å². The number of aromatic hydroxyl groups is 1. The number of para-hydroxylation sites is 1. The summed E-state index contributed by atoms with van der Waals surface area (Å²) in [5.74, 6) is -3.06. The van der Waals surface area contributed by atoms with Gasteiger partial charge in [-0.3, -0.25) is 14.4 Å². The molecular weight excluding hydrogens is 600 g/mol. The van der Waals surface area contributed by atoms with Gasteiger partial charge in [0.15, 0.2) is 0 Å². The number of nitrogens with one attached hydrogen (secondary N) is 4. The molecule has 12 heteroatoms. The number of carboxylic acid groups (broad SMARTS) is 1. The summed E-state index contributed by atoms with van der Waals surface area (Å²) in [6, 6.07) is 18.4. The van der Waals surface area contributed by atoms with Gasteiger partial charge < -0.3 is 42.6 Å². The highest BCUT2D eigenvalue weighted by atomic mass is 16.4. The van der Waals surface area contributed by atoms with Gasteiger partial charge in [-0.05, 0) is 67.1 Å². The summed E-state index contributed by atoms with van der Waals surface area (Å²) >= 11 is 0. The van der Waals surface area contributed by atoms with Gasteiger partial charge in [0, 0.05) is 29.9 Å². The van der Waals surface area contributed by atoms with E-state index in [2.05, 4.69) is 20.9 Å². The molecule has 4 aromatic rings. The number of rotatable bonds is 17. The number of nitrogens with two attached hydrogens (primary N) is 2. The molecule has 10 N–H and O–H groups in total. The van der Waals surface area contributed by atoms with E-state index in [9.17, 15) is 29.4 Å². The summed E-state index contributed by atoms with van der Waals surface area (Å²) in [7, 11) is 0. The van der Waals surface area contributed by atoms with E-state index in [1.54, 1.807) is 18.3 Å². The maximum atomic E-state index is 13.9. The number of hydrogen-bond acceptors (Lipinski definition) is 7. The van der Waals surface area contributed by atoms with Gasteiger partial charge in [-0.25, -0.2) is 4.79 Å². The molecule has 0 aliphatic carbocycles. The first-order valence-electron chi connectivity index (χ1n) is 15.6. The van der Waals surface area contributed by atoms with Gasteiger partial charge >= 0.3 is 5.97 Å². The van der Waals surface area contributed by atoms with E-state index in [4.69, 9.17) is 11.5 Å². The normalized spacial score (nSPS) is 13.7. The summed E-state index contributed by atoms with van der Waals surface area (Å²) < 4.78 is 0. The van der Waals surface area contributed by atoms with Crippen LogP contribution in [0.4, 0.5) is 0 Å². The molecule has 4 atom stereocenters. The summed E-state index contributed by atoms with van der Waals surface area (Å²) in [4.78, 5) is 56.0. The highest BCUT2D eigenvalue weighted by molar-refractivity contribution is 5.95. The number of carbonyl (C=O) groups excluding carboxylic acids is 3. The number of phenolic OH excluding ortho intramolecular Hbond substituents is 1. The van der Waals surface area contributed by atoms with Gasteiger partial charge in [-0.2, -0.15) is 0 Å². The van der Waals surface area contributed by atoms with Crippen molar-refractivity contribution in [1.82, 2.24) is 20.9 Å². The predicted octanol–water partition coefficient (Wildman–Crippen LogP) is 1.90. The van der Waals surface area contributed by atoms with Crippen molar-refractivity contribution >= 4 is 34.6 Å². The molecule has 4 rings (SSSR count). The maximum absolute atomic E-state index is 13.9. The summed E-state index contributed by atoms with van der Waals surface area (Å²) in [5.41, 5.74) is 14.9. The summed E-state index contributed by atoms with van der Waals surface area (Å²) in [6.45, 7) is 0.392. The molecule has 12 nitrogen and oxygen atoms in total. The number of phenols is 1. The fourth-order valence-electron chi connectivity index (χ4n) is 5.34. The van der Waals surface area contributed by atoms with Gasteiger partial charge in [0.1, 0.15) is 23.9 Å². The highest BCUT2D eigenvalue weighted by Gasteiger charge is 2.31. The molecule has 0 radical (unpaired) electrons.